The van der Waals surface area contributed by atoms with E-state index in [1.54, 1.807) is 44.0 Å². The number of hydrogen-bond donors (Lipinski definition) is 1. The molecule has 0 aliphatic rings. The van der Waals surface area contributed by atoms with Crippen molar-refractivity contribution in [2.75, 3.05) is 18.1 Å². The lowest BCUT2D eigenvalue weighted by Gasteiger charge is -2.25. The maximum Gasteiger partial charge on any atom is 0.238 e. The van der Waals surface area contributed by atoms with Gasteiger partial charge in [-0.25, -0.2) is 4.39 Å². The quantitative estimate of drug-likeness (QED) is 0.798. The summed E-state index contributed by atoms with van der Waals surface area (Å²) in [5, 5.41) is 5.93. The molecule has 0 saturated carbocycles. The number of thioether (sulfide) groups is 1. The van der Waals surface area contributed by atoms with Gasteiger partial charge in [0.25, 0.3) is 0 Å². The van der Waals surface area contributed by atoms with E-state index in [1.165, 1.54) is 23.9 Å². The zero-order chi connectivity index (χ0) is 19.3. The van der Waals surface area contributed by atoms with E-state index in [1.807, 2.05) is 6.92 Å². The summed E-state index contributed by atoms with van der Waals surface area (Å²) in [6.45, 7) is 5.33. The minimum Gasteiger partial charge on any atom is -0.360 e. The third-order valence-electron chi connectivity index (χ3n) is 4.03. The number of nitrogens with one attached hydrogen (secondary N) is 1. The molecular weight excluding hydrogens is 357 g/mol. The van der Waals surface area contributed by atoms with Crippen molar-refractivity contribution in [3.05, 3.63) is 47.5 Å². The Balaban J connectivity index is 1.84. The van der Waals surface area contributed by atoms with Crippen LogP contribution in [0.1, 0.15) is 31.2 Å². The van der Waals surface area contributed by atoms with E-state index >= 15 is 0 Å². The number of anilines is 1. The lowest BCUT2D eigenvalue weighted by Crippen LogP contribution is -2.32. The highest BCUT2D eigenvalue weighted by Gasteiger charge is 2.21. The molecule has 1 aromatic carbocycles. The zero-order valence-corrected chi connectivity index (χ0v) is 16.0. The van der Waals surface area contributed by atoms with Crippen LogP contribution in [0.25, 0.3) is 0 Å². The van der Waals surface area contributed by atoms with Crippen molar-refractivity contribution in [1.29, 1.82) is 0 Å². The number of rotatable bonds is 7. The summed E-state index contributed by atoms with van der Waals surface area (Å²) in [5.74, 6) is 0.455. The average Bonchev–Trinajstić information content (AvgIpc) is 3.03. The van der Waals surface area contributed by atoms with Gasteiger partial charge < -0.3 is 14.7 Å². The Morgan fingerprint density at radius 1 is 1.31 bits per heavy atom. The molecule has 0 unspecified atom stereocenters. The lowest BCUT2D eigenvalue weighted by molar-refractivity contribution is -0.128. The first-order valence-electron chi connectivity index (χ1n) is 8.15. The van der Waals surface area contributed by atoms with Crippen LogP contribution < -0.4 is 5.32 Å². The van der Waals surface area contributed by atoms with Crippen molar-refractivity contribution in [2.24, 2.45) is 0 Å². The van der Waals surface area contributed by atoms with E-state index < -0.39 is 5.25 Å². The van der Waals surface area contributed by atoms with Gasteiger partial charge in [-0.2, -0.15) is 0 Å². The fourth-order valence-corrected chi connectivity index (χ4v) is 3.01. The van der Waals surface area contributed by atoms with Crippen molar-refractivity contribution in [3.8, 4) is 0 Å². The summed E-state index contributed by atoms with van der Waals surface area (Å²) >= 11 is 1.24. The highest BCUT2D eigenvalue weighted by molar-refractivity contribution is 8.01. The Labute approximate surface area is 156 Å². The third-order valence-corrected chi connectivity index (χ3v) is 5.16. The Hall–Kier alpha value is -2.35. The molecule has 0 saturated heterocycles. The third kappa shape index (κ3) is 5.32. The van der Waals surface area contributed by atoms with Gasteiger partial charge in [-0.1, -0.05) is 17.3 Å². The van der Waals surface area contributed by atoms with E-state index in [-0.39, 0.29) is 29.4 Å². The number of nitrogens with zero attached hydrogens (tertiary/aromatic N) is 2. The standard InChI is InChI=1S/C18H22FN3O3S/c1-11-9-16(21-25-11)20-18(24)13(3)26-10-17(23)22(4)12(2)14-5-7-15(19)8-6-14/h5-9,12-13H,10H2,1-4H3,(H,20,21,24)/t12-,13+/m0/s1. The van der Waals surface area contributed by atoms with Crippen LogP contribution in [0.3, 0.4) is 0 Å². The molecule has 2 atom stereocenters. The smallest absolute Gasteiger partial charge is 0.238 e. The predicted octanol–water partition coefficient (Wildman–Crippen LogP) is 3.40. The summed E-state index contributed by atoms with van der Waals surface area (Å²) in [4.78, 5) is 26.1. The fourth-order valence-electron chi connectivity index (χ4n) is 2.21. The highest BCUT2D eigenvalue weighted by atomic mass is 32.2. The number of carbonyl (C=O) groups excluding carboxylic acids is 2. The Kier molecular flexibility index (Phi) is 6.79. The monoisotopic (exact) mass is 379 g/mol. The largest absolute Gasteiger partial charge is 0.360 e. The SMILES string of the molecule is Cc1cc(NC(=O)[C@@H](C)SCC(=O)N(C)[C@@H](C)c2ccc(F)cc2)no1. The average molecular weight is 379 g/mol. The van der Waals surface area contributed by atoms with Crippen LogP contribution in [0, 0.1) is 12.7 Å². The molecule has 1 aromatic heterocycles. The van der Waals surface area contributed by atoms with Gasteiger partial charge in [0.1, 0.15) is 11.6 Å². The van der Waals surface area contributed by atoms with E-state index in [0.29, 0.717) is 11.6 Å². The van der Waals surface area contributed by atoms with Gasteiger partial charge in [-0.05, 0) is 38.5 Å². The summed E-state index contributed by atoms with van der Waals surface area (Å²) in [5.41, 5.74) is 0.847. The maximum atomic E-state index is 13.0. The van der Waals surface area contributed by atoms with Crippen LogP contribution in [-0.2, 0) is 9.59 Å². The molecule has 6 nitrogen and oxygen atoms in total. The Morgan fingerprint density at radius 2 is 1.96 bits per heavy atom. The molecule has 2 amide bonds. The van der Waals surface area contributed by atoms with Crippen LogP contribution >= 0.6 is 11.8 Å². The number of aryl methyl sites for hydroxylation is 1. The minimum atomic E-state index is -0.425. The fraction of sp³-hybridized carbons (Fsp3) is 0.389. The van der Waals surface area contributed by atoms with Crippen molar-refractivity contribution in [3.63, 3.8) is 0 Å². The molecule has 2 rings (SSSR count). The first-order chi connectivity index (χ1) is 12.3. The van der Waals surface area contributed by atoms with Crippen LogP contribution in [-0.4, -0.2) is 39.9 Å². The molecule has 0 radical (unpaired) electrons. The molecule has 2 aromatic rings. The molecule has 0 bridgehead atoms. The molecule has 1 N–H and O–H groups in total. The second-order valence-corrected chi connectivity index (χ2v) is 7.33. The van der Waals surface area contributed by atoms with Gasteiger partial charge >= 0.3 is 0 Å². The molecule has 0 fully saturated rings. The summed E-state index contributed by atoms with van der Waals surface area (Å²) in [6.07, 6.45) is 0. The van der Waals surface area contributed by atoms with Crippen LogP contribution in [0.2, 0.25) is 0 Å². The molecule has 140 valence electrons. The van der Waals surface area contributed by atoms with Crippen molar-refractivity contribution in [1.82, 2.24) is 10.1 Å². The number of benzene rings is 1. The topological polar surface area (TPSA) is 75.4 Å². The highest BCUT2D eigenvalue weighted by Crippen LogP contribution is 2.21. The number of amides is 2. The van der Waals surface area contributed by atoms with Gasteiger partial charge in [-0.15, -0.1) is 11.8 Å². The molecule has 0 aliphatic heterocycles. The van der Waals surface area contributed by atoms with Crippen LogP contribution in [0.4, 0.5) is 10.2 Å². The normalized spacial score (nSPS) is 13.1. The summed E-state index contributed by atoms with van der Waals surface area (Å²) in [7, 11) is 1.69. The second-order valence-electron chi connectivity index (χ2n) is 6.00. The van der Waals surface area contributed by atoms with E-state index in [2.05, 4.69) is 10.5 Å². The maximum absolute atomic E-state index is 13.0. The summed E-state index contributed by atoms with van der Waals surface area (Å²) in [6, 6.07) is 7.50. The predicted molar refractivity (Wildman–Crippen MR) is 99.4 cm³/mol. The van der Waals surface area contributed by atoms with Gasteiger partial charge in [-0.3, -0.25) is 9.59 Å². The molecule has 0 aliphatic carbocycles. The molecule has 26 heavy (non-hydrogen) atoms. The molecule has 0 spiro atoms. The minimum absolute atomic E-state index is 0.108. The first kappa shape index (κ1) is 20.0. The first-order valence-corrected chi connectivity index (χ1v) is 9.19. The summed E-state index contributed by atoms with van der Waals surface area (Å²) < 4.78 is 17.9. The van der Waals surface area contributed by atoms with Gasteiger partial charge in [0.15, 0.2) is 5.82 Å². The number of carbonyl (C=O) groups is 2. The van der Waals surface area contributed by atoms with Crippen LogP contribution in [0.5, 0.6) is 0 Å². The van der Waals surface area contributed by atoms with Crippen molar-refractivity contribution in [2.45, 2.75) is 32.1 Å². The zero-order valence-electron chi connectivity index (χ0n) is 15.2. The number of halogens is 1. The lowest BCUT2D eigenvalue weighted by atomic mass is 10.1. The van der Waals surface area contributed by atoms with Crippen molar-refractivity contribution >= 4 is 29.4 Å². The van der Waals surface area contributed by atoms with Gasteiger partial charge in [0.2, 0.25) is 11.8 Å². The number of hydrogen-bond acceptors (Lipinski definition) is 5. The second kappa shape index (κ2) is 8.84. The van der Waals surface area contributed by atoms with Gasteiger partial charge in [0, 0.05) is 13.1 Å². The van der Waals surface area contributed by atoms with E-state index in [4.69, 9.17) is 4.52 Å². The Morgan fingerprint density at radius 3 is 2.54 bits per heavy atom. The van der Waals surface area contributed by atoms with Gasteiger partial charge in [0.05, 0.1) is 17.0 Å². The van der Waals surface area contributed by atoms with Crippen LogP contribution in [0.15, 0.2) is 34.9 Å². The number of aromatic nitrogens is 1. The molecule has 1 heterocycles. The van der Waals surface area contributed by atoms with E-state index in [9.17, 15) is 14.0 Å². The molecule has 8 heteroatoms. The van der Waals surface area contributed by atoms with Crippen molar-refractivity contribution < 1.29 is 18.5 Å². The molecular formula is C18H22FN3O3S. The Bertz CT molecular complexity index is 763. The van der Waals surface area contributed by atoms with E-state index in [0.717, 1.165) is 5.56 Å².